The number of rotatable bonds is 21. The van der Waals surface area contributed by atoms with E-state index in [2.05, 4.69) is 113 Å². The van der Waals surface area contributed by atoms with Gasteiger partial charge in [0, 0.05) is 22.9 Å². The lowest BCUT2D eigenvalue weighted by Gasteiger charge is -2.53. The smallest absolute Gasteiger partial charge is 0.296 e. The van der Waals surface area contributed by atoms with E-state index >= 15 is 0 Å². The fourth-order valence-corrected chi connectivity index (χ4v) is 6.21. The molecule has 6 atom stereocenters. The highest BCUT2D eigenvalue weighted by atomic mass is 16.3. The molecular weight excluding hydrogens is 531 g/mol. The Bertz CT molecular complexity index is 944. The molecule has 251 valence electrons. The molecule has 0 aromatic heterocycles. The predicted molar refractivity (Wildman–Crippen MR) is 187 cm³/mol. The molecule has 0 aromatic carbocycles. The fraction of sp³-hybridized carbons (Fsp3) is 0.892. The summed E-state index contributed by atoms with van der Waals surface area (Å²) in [5, 5.41) is 19.1. The van der Waals surface area contributed by atoms with Gasteiger partial charge in [-0.3, -0.25) is 4.79 Å². The first-order valence-electron chi connectivity index (χ1n) is 17.1. The van der Waals surface area contributed by atoms with Gasteiger partial charge in [0.1, 0.15) is 11.5 Å². The van der Waals surface area contributed by atoms with Crippen LogP contribution in [0.2, 0.25) is 0 Å². The van der Waals surface area contributed by atoms with Crippen LogP contribution in [0.15, 0.2) is 12.2 Å². The highest BCUT2D eigenvalue weighted by Crippen LogP contribution is 2.51. The van der Waals surface area contributed by atoms with Crippen molar-refractivity contribution in [2.75, 3.05) is 6.54 Å². The molecule has 0 aromatic rings. The van der Waals surface area contributed by atoms with Crippen molar-refractivity contribution in [2.45, 2.75) is 173 Å². The zero-order chi connectivity index (χ0) is 34.3. The number of ketones is 1. The molecule has 43 heavy (non-hydrogen) atoms. The van der Waals surface area contributed by atoms with E-state index < -0.39 is 22.6 Å². The predicted octanol–water partition coefficient (Wildman–Crippen LogP) is 8.50. The average Bonchev–Trinajstić information content (AvgIpc) is 2.95. The molecule has 0 heterocycles. The third kappa shape index (κ3) is 9.29. The van der Waals surface area contributed by atoms with E-state index in [1.807, 2.05) is 20.8 Å². The summed E-state index contributed by atoms with van der Waals surface area (Å²) < 4.78 is 0. The molecule has 0 bridgehead atoms. The number of hydrogen-bond acceptors (Lipinski definition) is 5. The van der Waals surface area contributed by atoms with E-state index in [-0.39, 0.29) is 39.0 Å². The van der Waals surface area contributed by atoms with Gasteiger partial charge in [-0.15, -0.1) is 0 Å². The van der Waals surface area contributed by atoms with Gasteiger partial charge in [-0.1, -0.05) is 109 Å². The molecule has 1 radical (unpaired) electrons. The van der Waals surface area contributed by atoms with E-state index in [4.69, 9.17) is 0 Å². The van der Waals surface area contributed by atoms with Crippen LogP contribution in [-0.4, -0.2) is 47.7 Å². The monoisotopic (exact) mass is 604 g/mol. The fourth-order valence-electron chi connectivity index (χ4n) is 6.21. The molecular formula is C37H72BN2O3. The van der Waals surface area contributed by atoms with Gasteiger partial charge in [0.25, 0.3) is 7.41 Å². The summed E-state index contributed by atoms with van der Waals surface area (Å²) in [6.45, 7) is 37.2. The summed E-state index contributed by atoms with van der Waals surface area (Å²) in [6.07, 6.45) is 8.65. The lowest BCUT2D eigenvalue weighted by molar-refractivity contribution is -0.125. The molecule has 6 unspecified atom stereocenters. The standard InChI is InChI=1S/C37H72BN2O3/c1-18-24-34(14,20-3)29(42)28(31(8,9)19-2)25-32(10,11)33(12,13)26-39-37(17,23-6)35(15,21-4)30(43)38-40-36(16,22-5)27(7)41/h18,24,28-29,39-40,42H,19-23,25-26H2,1-17H3. The summed E-state index contributed by atoms with van der Waals surface area (Å²) in [5.74, 6) is 0.139. The summed E-state index contributed by atoms with van der Waals surface area (Å²) in [7, 11) is 1.55. The van der Waals surface area contributed by atoms with Gasteiger partial charge in [-0.05, 0) is 82.0 Å². The maximum Gasteiger partial charge on any atom is 0.296 e. The lowest BCUT2D eigenvalue weighted by Crippen LogP contribution is -2.63. The maximum absolute atomic E-state index is 13.8. The third-order valence-electron chi connectivity index (χ3n) is 12.9. The first-order chi connectivity index (χ1) is 19.4. The molecule has 0 aliphatic heterocycles. The van der Waals surface area contributed by atoms with Crippen molar-refractivity contribution in [3.63, 3.8) is 0 Å². The molecule has 5 nitrogen and oxygen atoms in total. The molecule has 0 fully saturated rings. The number of carbonyl (C=O) groups is 2. The first-order valence-corrected chi connectivity index (χ1v) is 17.1. The molecule has 0 saturated carbocycles. The van der Waals surface area contributed by atoms with Crippen LogP contribution in [0, 0.1) is 33.0 Å². The van der Waals surface area contributed by atoms with Crippen molar-refractivity contribution in [1.82, 2.24) is 10.5 Å². The van der Waals surface area contributed by atoms with Crippen molar-refractivity contribution in [3.05, 3.63) is 12.2 Å². The van der Waals surface area contributed by atoms with Crippen LogP contribution < -0.4 is 10.5 Å². The highest BCUT2D eigenvalue weighted by Gasteiger charge is 2.51. The quantitative estimate of drug-likeness (QED) is 0.0906. The highest BCUT2D eigenvalue weighted by molar-refractivity contribution is 6.73. The van der Waals surface area contributed by atoms with Crippen LogP contribution in [0.4, 0.5) is 0 Å². The Balaban J connectivity index is 6.29. The number of aliphatic hydroxyl groups excluding tert-OH is 1. The number of aliphatic hydroxyl groups is 1. The second kappa shape index (κ2) is 15.5. The number of allylic oxidation sites excluding steroid dienone is 1. The van der Waals surface area contributed by atoms with Crippen molar-refractivity contribution < 1.29 is 14.7 Å². The Morgan fingerprint density at radius 1 is 0.791 bits per heavy atom. The van der Waals surface area contributed by atoms with E-state index in [1.54, 1.807) is 14.3 Å². The van der Waals surface area contributed by atoms with Crippen LogP contribution in [0.1, 0.15) is 156 Å². The summed E-state index contributed by atoms with van der Waals surface area (Å²) in [4.78, 5) is 26.1. The largest absolute Gasteiger partial charge is 0.392 e. The van der Waals surface area contributed by atoms with E-state index in [9.17, 15) is 14.7 Å². The van der Waals surface area contributed by atoms with Crippen molar-refractivity contribution >= 4 is 18.9 Å². The van der Waals surface area contributed by atoms with Gasteiger partial charge < -0.3 is 20.4 Å². The van der Waals surface area contributed by atoms with Gasteiger partial charge in [-0.25, -0.2) is 0 Å². The Hall–Kier alpha value is -0.975. The van der Waals surface area contributed by atoms with Gasteiger partial charge in [-0.2, -0.15) is 0 Å². The molecule has 0 spiro atoms. The maximum atomic E-state index is 13.8. The van der Waals surface area contributed by atoms with Gasteiger partial charge in [0.2, 0.25) is 0 Å². The van der Waals surface area contributed by atoms with Gasteiger partial charge >= 0.3 is 0 Å². The Kier molecular flexibility index (Phi) is 15.2. The summed E-state index contributed by atoms with van der Waals surface area (Å²) in [5.41, 5.74) is -2.42. The van der Waals surface area contributed by atoms with Crippen LogP contribution >= 0.6 is 0 Å². The van der Waals surface area contributed by atoms with Crippen molar-refractivity contribution in [2.24, 2.45) is 33.0 Å². The molecule has 3 N–H and O–H groups in total. The zero-order valence-corrected chi connectivity index (χ0v) is 31.6. The minimum absolute atomic E-state index is 0.0144. The SMILES string of the molecule is CC=CC(C)(CC)C(O)C(CC(C)(C)C(C)(C)CNC(C)(CC)C(C)(CC)C(=O)[B]NC(C)(CC)C(C)=O)C(C)(C)CC. The minimum Gasteiger partial charge on any atom is -0.392 e. The third-order valence-corrected chi connectivity index (χ3v) is 12.9. The number of nitrogens with one attached hydrogen (secondary N) is 2. The number of Topliss-reactive ketones (excluding diaryl/α,β-unsaturated/α-hetero) is 1. The van der Waals surface area contributed by atoms with Crippen molar-refractivity contribution in [1.29, 1.82) is 0 Å². The molecule has 0 aliphatic carbocycles. The van der Waals surface area contributed by atoms with Crippen LogP contribution in [-0.2, 0) is 9.59 Å². The van der Waals surface area contributed by atoms with Crippen LogP contribution in [0.3, 0.4) is 0 Å². The minimum atomic E-state index is -0.749. The lowest BCUT2D eigenvalue weighted by atomic mass is 9.55. The Morgan fingerprint density at radius 2 is 1.33 bits per heavy atom. The summed E-state index contributed by atoms with van der Waals surface area (Å²) in [6, 6.07) is 0. The molecule has 6 heteroatoms. The summed E-state index contributed by atoms with van der Waals surface area (Å²) >= 11 is 0. The zero-order valence-electron chi connectivity index (χ0n) is 31.6. The van der Waals surface area contributed by atoms with Crippen molar-refractivity contribution in [3.8, 4) is 0 Å². The Labute approximate surface area is 268 Å². The molecule has 0 rings (SSSR count). The molecule has 0 amide bonds. The van der Waals surface area contributed by atoms with Crippen LogP contribution in [0.25, 0.3) is 0 Å². The average molecular weight is 604 g/mol. The molecule has 0 aliphatic rings. The topological polar surface area (TPSA) is 78.4 Å². The number of hydrogen-bond donors (Lipinski definition) is 3. The Morgan fingerprint density at radius 3 is 1.70 bits per heavy atom. The molecule has 0 saturated heterocycles. The normalized spacial score (nSPS) is 20.4. The van der Waals surface area contributed by atoms with Gasteiger partial charge in [0.05, 0.1) is 11.6 Å². The second-order valence-electron chi connectivity index (χ2n) is 16.3. The number of carbonyl (C=O) groups excluding carboxylic acids is 2. The van der Waals surface area contributed by atoms with Crippen LogP contribution in [0.5, 0.6) is 0 Å². The second-order valence-corrected chi connectivity index (χ2v) is 16.3. The van der Waals surface area contributed by atoms with E-state index in [1.165, 1.54) is 0 Å². The first kappa shape index (κ1) is 42.0. The van der Waals surface area contributed by atoms with Gasteiger partial charge in [0.15, 0.2) is 0 Å². The van der Waals surface area contributed by atoms with E-state index in [0.29, 0.717) is 12.8 Å². The van der Waals surface area contributed by atoms with E-state index in [0.717, 1.165) is 32.2 Å².